The highest BCUT2D eigenvalue weighted by molar-refractivity contribution is 7.98. The summed E-state index contributed by atoms with van der Waals surface area (Å²) in [4.78, 5) is 51.8. The van der Waals surface area contributed by atoms with Gasteiger partial charge in [0, 0.05) is 12.3 Å². The van der Waals surface area contributed by atoms with Crippen molar-refractivity contribution in [2.75, 3.05) is 30.9 Å². The quantitative estimate of drug-likeness (QED) is 0.0542. The van der Waals surface area contributed by atoms with Gasteiger partial charge in [-0.05, 0) is 31.3 Å². The molecule has 14 heteroatoms. The number of carbonyl (C=O) groups is 4. The first-order valence-electron chi connectivity index (χ1n) is 9.14. The number of aliphatic imine (C=N–C) groups is 1. The number of nitrogens with one attached hydrogen (secondary N) is 3. The fraction of sp³-hybridized carbons (Fsp3) is 0.688. The van der Waals surface area contributed by atoms with E-state index in [2.05, 4.69) is 33.6 Å². The number of amides is 3. The zero-order chi connectivity index (χ0) is 23.1. The van der Waals surface area contributed by atoms with Crippen molar-refractivity contribution in [2.45, 2.75) is 37.4 Å². The Morgan fingerprint density at radius 2 is 1.63 bits per heavy atom. The van der Waals surface area contributed by atoms with Crippen LogP contribution < -0.4 is 33.2 Å². The van der Waals surface area contributed by atoms with Crippen LogP contribution in [0.2, 0.25) is 0 Å². The highest BCUT2D eigenvalue weighted by atomic mass is 32.2. The Balaban J connectivity index is 5.06. The molecule has 10 N–H and O–H groups in total. The molecule has 0 aromatic heterocycles. The maximum absolute atomic E-state index is 12.6. The number of carbonyl (C=O) groups excluding carboxylic acids is 3. The molecule has 0 spiro atoms. The van der Waals surface area contributed by atoms with E-state index in [1.54, 1.807) is 0 Å². The number of carboxylic acids is 1. The molecule has 0 aliphatic carbocycles. The van der Waals surface area contributed by atoms with E-state index in [1.807, 2.05) is 6.26 Å². The maximum Gasteiger partial charge on any atom is 0.326 e. The summed E-state index contributed by atoms with van der Waals surface area (Å²) in [6.45, 7) is -0.0687. The molecule has 3 atom stereocenters. The van der Waals surface area contributed by atoms with Gasteiger partial charge in [0.05, 0.1) is 6.54 Å². The Hall–Kier alpha value is -2.19. The fourth-order valence-electron chi connectivity index (χ4n) is 2.26. The minimum atomic E-state index is -1.17. The van der Waals surface area contributed by atoms with Crippen LogP contribution in [-0.2, 0) is 19.2 Å². The summed E-state index contributed by atoms with van der Waals surface area (Å²) in [6, 6.07) is -3.15. The average Bonchev–Trinajstić information content (AvgIpc) is 2.70. The van der Waals surface area contributed by atoms with Crippen molar-refractivity contribution in [1.82, 2.24) is 16.0 Å². The van der Waals surface area contributed by atoms with Crippen LogP contribution in [0, 0.1) is 0 Å². The highest BCUT2D eigenvalue weighted by Crippen LogP contribution is 2.04. The van der Waals surface area contributed by atoms with E-state index in [1.165, 1.54) is 11.8 Å². The molecular formula is C16H31N7O5S2. The molecule has 0 aliphatic rings. The van der Waals surface area contributed by atoms with Gasteiger partial charge in [-0.25, -0.2) is 4.79 Å². The summed E-state index contributed by atoms with van der Waals surface area (Å²) >= 11 is 5.51. The predicted molar refractivity (Wildman–Crippen MR) is 119 cm³/mol. The molecule has 0 rings (SSSR count). The Bertz CT molecular complexity index is 617. The van der Waals surface area contributed by atoms with Crippen LogP contribution in [0.25, 0.3) is 0 Å². The molecule has 0 saturated heterocycles. The summed E-state index contributed by atoms with van der Waals surface area (Å²) in [5.41, 5.74) is 15.8. The van der Waals surface area contributed by atoms with Crippen molar-refractivity contribution < 1.29 is 24.3 Å². The van der Waals surface area contributed by atoms with Gasteiger partial charge in [0.25, 0.3) is 0 Å². The van der Waals surface area contributed by atoms with Gasteiger partial charge in [-0.2, -0.15) is 24.4 Å². The number of hydrogen-bond donors (Lipinski definition) is 8. The zero-order valence-corrected chi connectivity index (χ0v) is 18.5. The van der Waals surface area contributed by atoms with Crippen molar-refractivity contribution in [3.8, 4) is 0 Å². The SMILES string of the molecule is CSCCC(NC(=O)C(CS)NC(=O)C(CCCN=C(N)N)NC(=O)CN)C(=O)O. The largest absolute Gasteiger partial charge is 0.480 e. The lowest BCUT2D eigenvalue weighted by Crippen LogP contribution is -2.56. The average molecular weight is 466 g/mol. The lowest BCUT2D eigenvalue weighted by molar-refractivity contribution is -0.142. The number of thiol groups is 1. The third-order valence-corrected chi connectivity index (χ3v) is 4.83. The second-order valence-corrected chi connectivity index (χ2v) is 7.55. The Morgan fingerprint density at radius 3 is 2.13 bits per heavy atom. The normalized spacial score (nSPS) is 13.4. The fourth-order valence-corrected chi connectivity index (χ4v) is 2.99. The van der Waals surface area contributed by atoms with Gasteiger partial charge < -0.3 is 38.3 Å². The van der Waals surface area contributed by atoms with E-state index >= 15 is 0 Å². The molecule has 3 amide bonds. The molecule has 0 saturated carbocycles. The predicted octanol–water partition coefficient (Wildman–Crippen LogP) is -2.78. The van der Waals surface area contributed by atoms with E-state index in [0.29, 0.717) is 12.2 Å². The first kappa shape index (κ1) is 27.8. The molecule has 0 radical (unpaired) electrons. The monoisotopic (exact) mass is 465 g/mol. The lowest BCUT2D eigenvalue weighted by Gasteiger charge is -2.23. The van der Waals surface area contributed by atoms with Crippen LogP contribution in [0.15, 0.2) is 4.99 Å². The van der Waals surface area contributed by atoms with Gasteiger partial charge in [0.2, 0.25) is 17.7 Å². The molecule has 172 valence electrons. The molecule has 0 fully saturated rings. The van der Waals surface area contributed by atoms with Gasteiger partial charge in [-0.15, -0.1) is 0 Å². The molecule has 0 heterocycles. The number of carboxylic acid groups (broad SMARTS) is 1. The molecule has 3 unspecified atom stereocenters. The van der Waals surface area contributed by atoms with Crippen LogP contribution in [-0.4, -0.2) is 83.7 Å². The molecule has 12 nitrogen and oxygen atoms in total. The smallest absolute Gasteiger partial charge is 0.326 e. The standard InChI is InChI=1S/C16H31N7O5S2/c1-30-6-4-10(15(27)28)22-14(26)11(8-29)23-13(25)9(21-12(24)7-17)3-2-5-20-16(18)19/h9-11,29H,2-8,17H2,1H3,(H,21,24)(H,22,26)(H,23,25)(H,27,28)(H4,18,19,20). The molecule has 0 aromatic rings. The molecule has 0 aliphatic heterocycles. The van der Waals surface area contributed by atoms with E-state index in [0.717, 1.165) is 0 Å². The number of nitrogens with two attached hydrogens (primary N) is 3. The number of thioether (sulfide) groups is 1. The maximum atomic E-state index is 12.6. The van der Waals surface area contributed by atoms with Crippen molar-refractivity contribution in [1.29, 1.82) is 0 Å². The summed E-state index contributed by atoms with van der Waals surface area (Å²) in [7, 11) is 0. The van der Waals surface area contributed by atoms with Crippen LogP contribution in [0.4, 0.5) is 0 Å². The highest BCUT2D eigenvalue weighted by Gasteiger charge is 2.28. The van der Waals surface area contributed by atoms with E-state index in [-0.39, 0.29) is 37.6 Å². The zero-order valence-electron chi connectivity index (χ0n) is 16.8. The number of rotatable bonds is 15. The first-order valence-corrected chi connectivity index (χ1v) is 11.2. The minimum Gasteiger partial charge on any atom is -0.480 e. The van der Waals surface area contributed by atoms with Gasteiger partial charge in [0.1, 0.15) is 18.1 Å². The summed E-state index contributed by atoms with van der Waals surface area (Å²) in [5.74, 6) is -2.66. The van der Waals surface area contributed by atoms with Crippen LogP contribution in [0.3, 0.4) is 0 Å². The molecular weight excluding hydrogens is 434 g/mol. The van der Waals surface area contributed by atoms with Gasteiger partial charge in [0.15, 0.2) is 5.96 Å². The second kappa shape index (κ2) is 15.6. The molecule has 0 bridgehead atoms. The first-order chi connectivity index (χ1) is 14.2. The summed E-state index contributed by atoms with van der Waals surface area (Å²) in [5, 5.41) is 16.6. The number of guanidine groups is 1. The Kier molecular flexibility index (Phi) is 14.5. The Labute approximate surface area is 184 Å². The number of aliphatic carboxylic acids is 1. The van der Waals surface area contributed by atoms with Crippen molar-refractivity contribution >= 4 is 54.0 Å². The lowest BCUT2D eigenvalue weighted by atomic mass is 10.1. The second-order valence-electron chi connectivity index (χ2n) is 6.20. The van der Waals surface area contributed by atoms with E-state index in [9.17, 15) is 24.3 Å². The molecule has 30 heavy (non-hydrogen) atoms. The van der Waals surface area contributed by atoms with Crippen molar-refractivity contribution in [3.05, 3.63) is 0 Å². The molecule has 0 aromatic carbocycles. The number of hydrogen-bond acceptors (Lipinski definition) is 8. The van der Waals surface area contributed by atoms with E-state index < -0.39 is 41.8 Å². The van der Waals surface area contributed by atoms with Gasteiger partial charge >= 0.3 is 5.97 Å². The Morgan fingerprint density at radius 1 is 1.03 bits per heavy atom. The van der Waals surface area contributed by atoms with Gasteiger partial charge in [-0.3, -0.25) is 19.4 Å². The third-order valence-electron chi connectivity index (χ3n) is 3.82. The van der Waals surface area contributed by atoms with Crippen LogP contribution >= 0.6 is 24.4 Å². The third kappa shape index (κ3) is 11.7. The summed E-state index contributed by atoms with van der Waals surface area (Å²) in [6.07, 6.45) is 2.63. The topological polar surface area (TPSA) is 215 Å². The number of nitrogens with zero attached hydrogens (tertiary/aromatic N) is 1. The van der Waals surface area contributed by atoms with Crippen LogP contribution in [0.1, 0.15) is 19.3 Å². The van der Waals surface area contributed by atoms with Crippen LogP contribution in [0.5, 0.6) is 0 Å². The minimum absolute atomic E-state index is 0.0714. The van der Waals surface area contributed by atoms with Crippen molar-refractivity contribution in [3.63, 3.8) is 0 Å². The van der Waals surface area contributed by atoms with Crippen molar-refractivity contribution in [2.24, 2.45) is 22.2 Å². The summed E-state index contributed by atoms with van der Waals surface area (Å²) < 4.78 is 0. The van der Waals surface area contributed by atoms with E-state index in [4.69, 9.17) is 17.2 Å². The van der Waals surface area contributed by atoms with Gasteiger partial charge in [-0.1, -0.05) is 0 Å².